The molecule has 0 aliphatic heterocycles. The Morgan fingerprint density at radius 1 is 1.12 bits per heavy atom. The van der Waals surface area contributed by atoms with Crippen molar-refractivity contribution >= 4 is 6.21 Å². The first-order chi connectivity index (χ1) is 11.4. The second-order valence-corrected chi connectivity index (χ2v) is 7.50. The molecule has 1 heteroatoms. The summed E-state index contributed by atoms with van der Waals surface area (Å²) in [6.45, 7) is 14.3. The predicted octanol–water partition coefficient (Wildman–Crippen LogP) is 7.00. The summed E-state index contributed by atoms with van der Waals surface area (Å²) in [4.78, 5) is 4.31. The zero-order chi connectivity index (χ0) is 18.0. The van der Waals surface area contributed by atoms with E-state index >= 15 is 0 Å². The first-order valence-corrected chi connectivity index (χ1v) is 9.27. The quantitative estimate of drug-likeness (QED) is 0.353. The molecule has 1 rings (SSSR count). The van der Waals surface area contributed by atoms with E-state index < -0.39 is 0 Å². The maximum atomic E-state index is 4.31. The van der Waals surface area contributed by atoms with Gasteiger partial charge in [-0.25, -0.2) is 0 Å². The fraction of sp³-hybridized carbons (Fsp3) is 0.522. The van der Waals surface area contributed by atoms with E-state index in [9.17, 15) is 0 Å². The molecule has 0 radical (unpaired) electrons. The van der Waals surface area contributed by atoms with Crippen LogP contribution < -0.4 is 0 Å². The van der Waals surface area contributed by atoms with Gasteiger partial charge >= 0.3 is 0 Å². The molecule has 0 spiro atoms. The van der Waals surface area contributed by atoms with Crippen molar-refractivity contribution in [2.45, 2.75) is 67.2 Å². The van der Waals surface area contributed by atoms with Gasteiger partial charge in [-0.3, -0.25) is 4.99 Å². The number of nitrogens with zero attached hydrogens (tertiary/aromatic N) is 1. The van der Waals surface area contributed by atoms with Crippen LogP contribution in [0.3, 0.4) is 0 Å². The molecular formula is C23H35N. The molecule has 1 aliphatic rings. The molecule has 1 nitrogen and oxygen atoms in total. The second kappa shape index (κ2) is 10.3. The Balaban J connectivity index is 2.68. The van der Waals surface area contributed by atoms with Gasteiger partial charge in [0.15, 0.2) is 0 Å². The van der Waals surface area contributed by atoms with E-state index in [1.165, 1.54) is 36.0 Å². The van der Waals surface area contributed by atoms with Crippen molar-refractivity contribution in [2.75, 3.05) is 6.54 Å². The zero-order valence-corrected chi connectivity index (χ0v) is 16.5. The van der Waals surface area contributed by atoms with Gasteiger partial charge in [0.2, 0.25) is 0 Å². The highest BCUT2D eigenvalue weighted by atomic mass is 14.7. The normalized spacial score (nSPS) is 20.1. The molecule has 24 heavy (non-hydrogen) atoms. The van der Waals surface area contributed by atoms with Crippen molar-refractivity contribution in [3.05, 3.63) is 58.7 Å². The molecule has 132 valence electrons. The fourth-order valence-corrected chi connectivity index (χ4v) is 3.06. The minimum Gasteiger partial charge on any atom is -0.293 e. The average Bonchev–Trinajstić information content (AvgIpc) is 2.50. The summed E-state index contributed by atoms with van der Waals surface area (Å²) in [5.74, 6) is 0. The maximum Gasteiger partial charge on any atom is 0.0386 e. The van der Waals surface area contributed by atoms with Crippen molar-refractivity contribution in [1.82, 2.24) is 0 Å². The minimum atomic E-state index is 0.312. The topological polar surface area (TPSA) is 12.4 Å². The number of aliphatic imine (C=N–C) groups is 1. The zero-order valence-electron chi connectivity index (χ0n) is 16.5. The summed E-state index contributed by atoms with van der Waals surface area (Å²) in [5, 5.41) is 0. The van der Waals surface area contributed by atoms with Gasteiger partial charge in [-0.1, -0.05) is 62.3 Å². The molecule has 0 aromatic heterocycles. The van der Waals surface area contributed by atoms with Crippen molar-refractivity contribution in [1.29, 1.82) is 0 Å². The molecule has 0 aromatic rings. The van der Waals surface area contributed by atoms with Crippen molar-refractivity contribution in [3.8, 4) is 0 Å². The molecule has 0 bridgehead atoms. The summed E-state index contributed by atoms with van der Waals surface area (Å²) in [7, 11) is 0. The van der Waals surface area contributed by atoms with Crippen LogP contribution in [0.2, 0.25) is 0 Å². The van der Waals surface area contributed by atoms with Gasteiger partial charge in [0.05, 0.1) is 0 Å². The molecule has 0 N–H and O–H groups in total. The number of hydrogen-bond donors (Lipinski definition) is 0. The SMILES string of the molecule is CCCN=C/C=C(C)/C=C\C=C(C)\C=C\C1=C(C)CCCC1(C)C. The van der Waals surface area contributed by atoms with E-state index in [2.05, 4.69) is 83.0 Å². The standard InChI is InChI=1S/C23H35N/c1-7-17-24-18-15-20(3)11-8-10-19(2)13-14-22-21(4)12-9-16-23(22,5)6/h8,10-11,13-15,18H,7,9,12,16-17H2,1-6H3/b11-8-,14-13+,19-10+,20-15+,24-18?. The second-order valence-electron chi connectivity index (χ2n) is 7.50. The Labute approximate surface area is 149 Å². The largest absolute Gasteiger partial charge is 0.293 e. The molecule has 0 atom stereocenters. The molecule has 1 aliphatic carbocycles. The molecule has 0 saturated carbocycles. The Bertz CT molecular complexity index is 577. The van der Waals surface area contributed by atoms with Gasteiger partial charge in [0.1, 0.15) is 0 Å². The average molecular weight is 326 g/mol. The third-order valence-corrected chi connectivity index (χ3v) is 4.57. The van der Waals surface area contributed by atoms with Crippen LogP contribution in [0, 0.1) is 5.41 Å². The van der Waals surface area contributed by atoms with Crippen LogP contribution in [0.25, 0.3) is 0 Å². The van der Waals surface area contributed by atoms with Gasteiger partial charge in [0, 0.05) is 12.8 Å². The number of allylic oxidation sites excluding steroid dienone is 10. The third kappa shape index (κ3) is 7.29. The minimum absolute atomic E-state index is 0.312. The van der Waals surface area contributed by atoms with E-state index in [0.717, 1.165) is 13.0 Å². The van der Waals surface area contributed by atoms with Crippen molar-refractivity contribution < 1.29 is 0 Å². The summed E-state index contributed by atoms with van der Waals surface area (Å²) in [5.41, 5.74) is 5.88. The Hall–Kier alpha value is -1.63. The lowest BCUT2D eigenvalue weighted by Gasteiger charge is -2.32. The van der Waals surface area contributed by atoms with E-state index in [0.29, 0.717) is 5.41 Å². The van der Waals surface area contributed by atoms with Crippen LogP contribution in [0.15, 0.2) is 63.7 Å². The van der Waals surface area contributed by atoms with Gasteiger partial charge in [-0.15, -0.1) is 0 Å². The summed E-state index contributed by atoms with van der Waals surface area (Å²) in [6, 6.07) is 0. The highest BCUT2D eigenvalue weighted by Gasteiger charge is 2.26. The first-order valence-electron chi connectivity index (χ1n) is 9.27. The van der Waals surface area contributed by atoms with Crippen LogP contribution in [0.4, 0.5) is 0 Å². The molecule has 0 aromatic carbocycles. The molecule has 0 fully saturated rings. The van der Waals surface area contributed by atoms with Crippen LogP contribution in [0.1, 0.15) is 67.2 Å². The van der Waals surface area contributed by atoms with Crippen LogP contribution >= 0.6 is 0 Å². The monoisotopic (exact) mass is 325 g/mol. The lowest BCUT2D eigenvalue weighted by Crippen LogP contribution is -2.19. The van der Waals surface area contributed by atoms with E-state index in [-0.39, 0.29) is 0 Å². The smallest absolute Gasteiger partial charge is 0.0386 e. The Kier molecular flexibility index (Phi) is 8.74. The summed E-state index contributed by atoms with van der Waals surface area (Å²) < 4.78 is 0. The molecule has 0 heterocycles. The predicted molar refractivity (Wildman–Crippen MR) is 110 cm³/mol. The maximum absolute atomic E-state index is 4.31. The van der Waals surface area contributed by atoms with E-state index in [4.69, 9.17) is 0 Å². The van der Waals surface area contributed by atoms with Crippen LogP contribution in [-0.4, -0.2) is 12.8 Å². The van der Waals surface area contributed by atoms with Crippen LogP contribution in [-0.2, 0) is 0 Å². The van der Waals surface area contributed by atoms with Gasteiger partial charge in [-0.05, 0) is 69.1 Å². The Morgan fingerprint density at radius 2 is 1.83 bits per heavy atom. The lowest BCUT2D eigenvalue weighted by molar-refractivity contribution is 0.377. The number of hydrogen-bond acceptors (Lipinski definition) is 1. The van der Waals surface area contributed by atoms with Gasteiger partial charge in [0.25, 0.3) is 0 Å². The summed E-state index contributed by atoms with van der Waals surface area (Å²) in [6.07, 6.45) is 19.9. The van der Waals surface area contributed by atoms with E-state index in [1.54, 1.807) is 5.57 Å². The fourth-order valence-electron chi connectivity index (χ4n) is 3.06. The summed E-state index contributed by atoms with van der Waals surface area (Å²) >= 11 is 0. The molecule has 0 amide bonds. The van der Waals surface area contributed by atoms with Crippen molar-refractivity contribution in [2.24, 2.45) is 10.4 Å². The molecule has 0 unspecified atom stereocenters. The molecular weight excluding hydrogens is 290 g/mol. The number of rotatable bonds is 7. The first kappa shape index (κ1) is 20.4. The Morgan fingerprint density at radius 3 is 2.50 bits per heavy atom. The van der Waals surface area contributed by atoms with Gasteiger partial charge < -0.3 is 0 Å². The van der Waals surface area contributed by atoms with Gasteiger partial charge in [-0.2, -0.15) is 0 Å². The van der Waals surface area contributed by atoms with Crippen LogP contribution in [0.5, 0.6) is 0 Å². The highest BCUT2D eigenvalue weighted by molar-refractivity contribution is 5.72. The lowest BCUT2D eigenvalue weighted by atomic mass is 9.72. The molecule has 0 saturated heterocycles. The van der Waals surface area contributed by atoms with E-state index in [1.807, 2.05) is 6.21 Å². The third-order valence-electron chi connectivity index (χ3n) is 4.57. The highest BCUT2D eigenvalue weighted by Crippen LogP contribution is 2.40. The van der Waals surface area contributed by atoms with Crippen molar-refractivity contribution in [3.63, 3.8) is 0 Å².